The molecular weight excluding hydrogens is 214 g/mol. The van der Waals surface area contributed by atoms with E-state index >= 15 is 0 Å². The van der Waals surface area contributed by atoms with Gasteiger partial charge in [0.2, 0.25) is 5.91 Å². The van der Waals surface area contributed by atoms with Crippen LogP contribution in [0.4, 0.5) is 0 Å². The van der Waals surface area contributed by atoms with Crippen LogP contribution in [0.2, 0.25) is 0 Å². The number of Topliss-reactive ketones (excluding diaryl/α,β-unsaturated/α-hetero) is 1. The molecule has 0 saturated carbocycles. The molecule has 0 aromatic carbocycles. The Kier molecular flexibility index (Phi) is 12.6. The van der Waals surface area contributed by atoms with Gasteiger partial charge in [0.05, 0.1) is 6.04 Å². The highest BCUT2D eigenvalue weighted by atomic mass is 16.2. The first-order valence-corrected chi connectivity index (χ1v) is 6.88. The lowest BCUT2D eigenvalue weighted by atomic mass is 10.1. The van der Waals surface area contributed by atoms with Crippen LogP contribution in [-0.4, -0.2) is 29.2 Å². The number of nitrogens with zero attached hydrogens (tertiary/aromatic N) is 1. The molecule has 1 heterocycles. The molecule has 1 aliphatic rings. The Bertz CT molecular complexity index is 214. The van der Waals surface area contributed by atoms with Crippen LogP contribution in [0.25, 0.3) is 0 Å². The second kappa shape index (κ2) is 11.6. The van der Waals surface area contributed by atoms with Crippen LogP contribution in [0.3, 0.4) is 0 Å². The van der Waals surface area contributed by atoms with Gasteiger partial charge in [-0.2, -0.15) is 0 Å². The van der Waals surface area contributed by atoms with E-state index in [2.05, 4.69) is 13.8 Å². The minimum Gasteiger partial charge on any atom is -0.333 e. The second-order valence-corrected chi connectivity index (χ2v) is 3.92. The molecule has 1 fully saturated rings. The van der Waals surface area contributed by atoms with Crippen LogP contribution < -0.4 is 0 Å². The topological polar surface area (TPSA) is 37.4 Å². The number of hydrogen-bond donors (Lipinski definition) is 0. The molecule has 1 aliphatic heterocycles. The first kappa shape index (κ1) is 18.5. The SMILES string of the molecule is CC.CCC.CCC(=O)N1CCCC1C(C)=O. The van der Waals surface area contributed by atoms with Crippen LogP contribution in [0.5, 0.6) is 0 Å². The van der Waals surface area contributed by atoms with Gasteiger partial charge in [0, 0.05) is 13.0 Å². The number of carbonyl (C=O) groups is 2. The molecule has 0 bridgehead atoms. The average molecular weight is 243 g/mol. The molecule has 102 valence electrons. The predicted molar refractivity (Wildman–Crippen MR) is 73.0 cm³/mol. The third kappa shape index (κ3) is 7.14. The summed E-state index contributed by atoms with van der Waals surface area (Å²) in [7, 11) is 0. The zero-order valence-electron chi connectivity index (χ0n) is 12.4. The fourth-order valence-electron chi connectivity index (χ4n) is 1.69. The number of rotatable bonds is 2. The van der Waals surface area contributed by atoms with Crippen molar-refractivity contribution < 1.29 is 9.59 Å². The summed E-state index contributed by atoms with van der Waals surface area (Å²) < 4.78 is 0. The number of ketones is 1. The van der Waals surface area contributed by atoms with Crippen molar-refractivity contribution in [2.75, 3.05) is 6.54 Å². The van der Waals surface area contributed by atoms with Crippen LogP contribution in [-0.2, 0) is 9.59 Å². The summed E-state index contributed by atoms with van der Waals surface area (Å²) in [6, 6.07) is -0.127. The first-order chi connectivity index (χ1) is 8.08. The molecule has 1 amide bonds. The van der Waals surface area contributed by atoms with Gasteiger partial charge in [-0.05, 0) is 19.8 Å². The first-order valence-electron chi connectivity index (χ1n) is 6.88. The van der Waals surface area contributed by atoms with Gasteiger partial charge in [0.15, 0.2) is 5.78 Å². The maximum Gasteiger partial charge on any atom is 0.222 e. The fraction of sp³-hybridized carbons (Fsp3) is 0.857. The maximum atomic E-state index is 11.3. The van der Waals surface area contributed by atoms with Crippen LogP contribution in [0, 0.1) is 0 Å². The van der Waals surface area contributed by atoms with E-state index in [-0.39, 0.29) is 17.7 Å². The van der Waals surface area contributed by atoms with Crippen molar-refractivity contribution in [3.8, 4) is 0 Å². The highest BCUT2D eigenvalue weighted by Crippen LogP contribution is 2.18. The van der Waals surface area contributed by atoms with E-state index in [1.807, 2.05) is 20.8 Å². The van der Waals surface area contributed by atoms with E-state index in [4.69, 9.17) is 0 Å². The lowest BCUT2D eigenvalue weighted by molar-refractivity contribution is -0.136. The molecule has 1 rings (SSSR count). The molecule has 0 spiro atoms. The van der Waals surface area contributed by atoms with E-state index in [9.17, 15) is 9.59 Å². The van der Waals surface area contributed by atoms with Crippen LogP contribution in [0.15, 0.2) is 0 Å². The summed E-state index contributed by atoms with van der Waals surface area (Å²) in [5.74, 6) is 0.224. The van der Waals surface area contributed by atoms with Crippen molar-refractivity contribution in [1.29, 1.82) is 0 Å². The standard InChI is InChI=1S/C9H15NO2.C3H8.C2H6/c1-3-9(12)10-6-4-5-8(10)7(2)11;1-3-2;1-2/h8H,3-6H2,1-2H3;3H2,1-2H3;1-2H3. The van der Waals surface area contributed by atoms with Gasteiger partial charge in [-0.3, -0.25) is 9.59 Å². The normalized spacial score (nSPS) is 17.5. The zero-order chi connectivity index (χ0) is 13.8. The quantitative estimate of drug-likeness (QED) is 0.745. The molecular formula is C14H29NO2. The number of likely N-dealkylation sites (tertiary alicyclic amines) is 1. The number of carbonyl (C=O) groups excluding carboxylic acids is 2. The van der Waals surface area contributed by atoms with Crippen molar-refractivity contribution in [3.63, 3.8) is 0 Å². The van der Waals surface area contributed by atoms with Crippen molar-refractivity contribution >= 4 is 11.7 Å². The summed E-state index contributed by atoms with van der Waals surface area (Å²) in [6.07, 6.45) is 3.57. The summed E-state index contributed by atoms with van der Waals surface area (Å²) in [5, 5.41) is 0. The predicted octanol–water partition coefficient (Wildman–Crippen LogP) is 3.42. The molecule has 0 aromatic heterocycles. The third-order valence-electron chi connectivity index (χ3n) is 2.34. The molecule has 0 aromatic rings. The minimum absolute atomic E-state index is 0.104. The van der Waals surface area contributed by atoms with E-state index in [0.717, 1.165) is 19.4 Å². The Morgan fingerprint density at radius 2 is 1.65 bits per heavy atom. The largest absolute Gasteiger partial charge is 0.333 e. The van der Waals surface area contributed by atoms with Gasteiger partial charge in [-0.25, -0.2) is 0 Å². The summed E-state index contributed by atoms with van der Waals surface area (Å²) in [6.45, 7) is 12.4. The van der Waals surface area contributed by atoms with Crippen LogP contribution in [0.1, 0.15) is 67.2 Å². The Morgan fingerprint density at radius 1 is 1.18 bits per heavy atom. The number of hydrogen-bond acceptors (Lipinski definition) is 2. The Hall–Kier alpha value is -0.860. The van der Waals surface area contributed by atoms with E-state index < -0.39 is 0 Å². The van der Waals surface area contributed by atoms with Gasteiger partial charge in [0.25, 0.3) is 0 Å². The van der Waals surface area contributed by atoms with E-state index in [1.165, 1.54) is 6.42 Å². The monoisotopic (exact) mass is 243 g/mol. The Labute approximate surface area is 107 Å². The Balaban J connectivity index is 0. The molecule has 3 heteroatoms. The fourth-order valence-corrected chi connectivity index (χ4v) is 1.69. The van der Waals surface area contributed by atoms with Gasteiger partial charge < -0.3 is 4.90 Å². The van der Waals surface area contributed by atoms with E-state index in [1.54, 1.807) is 11.8 Å². The summed E-state index contributed by atoms with van der Waals surface area (Å²) in [4.78, 5) is 24.1. The molecule has 1 unspecified atom stereocenters. The highest BCUT2D eigenvalue weighted by molar-refractivity contribution is 5.87. The second-order valence-electron chi connectivity index (χ2n) is 3.92. The lowest BCUT2D eigenvalue weighted by Gasteiger charge is -2.21. The summed E-state index contributed by atoms with van der Waals surface area (Å²) in [5.41, 5.74) is 0. The maximum absolute atomic E-state index is 11.3. The van der Waals surface area contributed by atoms with Crippen LogP contribution >= 0.6 is 0 Å². The molecule has 3 nitrogen and oxygen atoms in total. The van der Waals surface area contributed by atoms with Gasteiger partial charge >= 0.3 is 0 Å². The van der Waals surface area contributed by atoms with Crippen molar-refractivity contribution in [2.45, 2.75) is 73.3 Å². The average Bonchev–Trinajstić information content (AvgIpc) is 2.81. The van der Waals surface area contributed by atoms with Crippen molar-refractivity contribution in [3.05, 3.63) is 0 Å². The molecule has 17 heavy (non-hydrogen) atoms. The molecule has 1 saturated heterocycles. The molecule has 1 atom stereocenters. The molecule has 0 N–H and O–H groups in total. The van der Waals surface area contributed by atoms with E-state index in [0.29, 0.717) is 6.42 Å². The minimum atomic E-state index is -0.127. The molecule has 0 aliphatic carbocycles. The summed E-state index contributed by atoms with van der Waals surface area (Å²) >= 11 is 0. The van der Waals surface area contributed by atoms with Crippen molar-refractivity contribution in [2.24, 2.45) is 0 Å². The van der Waals surface area contributed by atoms with Gasteiger partial charge in [0.1, 0.15) is 0 Å². The highest BCUT2D eigenvalue weighted by Gasteiger charge is 2.30. The third-order valence-corrected chi connectivity index (χ3v) is 2.34. The van der Waals surface area contributed by atoms with Gasteiger partial charge in [-0.1, -0.05) is 41.0 Å². The molecule has 0 radical (unpaired) electrons. The number of amides is 1. The van der Waals surface area contributed by atoms with Gasteiger partial charge in [-0.15, -0.1) is 0 Å². The zero-order valence-corrected chi connectivity index (χ0v) is 12.4. The smallest absolute Gasteiger partial charge is 0.222 e. The Morgan fingerprint density at radius 3 is 2.00 bits per heavy atom. The van der Waals surface area contributed by atoms with Crippen molar-refractivity contribution in [1.82, 2.24) is 4.90 Å². The lowest BCUT2D eigenvalue weighted by Crippen LogP contribution is -2.39.